The Labute approximate surface area is 208 Å². The van der Waals surface area contributed by atoms with Gasteiger partial charge in [-0.05, 0) is 68.5 Å². The van der Waals surface area contributed by atoms with E-state index in [1.54, 1.807) is 31.0 Å². The monoisotopic (exact) mass is 508 g/mol. The number of aromatic nitrogens is 5. The first kappa shape index (κ1) is 23.0. The average Bonchev–Trinajstić information content (AvgIpc) is 3.52. The van der Waals surface area contributed by atoms with Crippen LogP contribution in [-0.2, 0) is 10.0 Å². The summed E-state index contributed by atoms with van der Waals surface area (Å²) < 4.78 is 29.6. The summed E-state index contributed by atoms with van der Waals surface area (Å²) in [5.74, 6) is 0. The maximum Gasteiger partial charge on any atom is 0.229 e. The third kappa shape index (κ3) is 4.37. The fraction of sp³-hybridized carbons (Fsp3) is 0.217. The number of pyridine rings is 1. The minimum atomic E-state index is -3.37. The van der Waals surface area contributed by atoms with Crippen molar-refractivity contribution in [2.24, 2.45) is 0 Å². The van der Waals surface area contributed by atoms with Crippen molar-refractivity contribution in [3.05, 3.63) is 90.0 Å². The zero-order chi connectivity index (χ0) is 24.7. The van der Waals surface area contributed by atoms with E-state index in [9.17, 15) is 8.42 Å². The molecule has 1 aliphatic heterocycles. The lowest BCUT2D eigenvalue weighted by Gasteiger charge is -2.28. The largest absolute Gasteiger partial charge is 0.351 e. The molecule has 0 amide bonds. The summed E-state index contributed by atoms with van der Waals surface area (Å²) in [7, 11) is -3.37. The highest BCUT2D eigenvalue weighted by atomic mass is 32.2. The molecule has 0 spiro atoms. The molecule has 2 N–H and O–H groups in total. The Hall–Kier alpha value is -3.77. The summed E-state index contributed by atoms with van der Waals surface area (Å²) in [6, 6.07) is 14.7. The van der Waals surface area contributed by atoms with Gasteiger partial charge < -0.3 is 10.2 Å². The highest BCUT2D eigenvalue weighted by Gasteiger charge is 2.42. The number of thiocarbonyl (C=S) groups is 1. The molecule has 0 saturated carbocycles. The van der Waals surface area contributed by atoms with Gasteiger partial charge in [0.2, 0.25) is 10.0 Å². The number of rotatable bonds is 6. The summed E-state index contributed by atoms with van der Waals surface area (Å²) in [6.07, 6.45) is 6.21. The number of aryl methyl sites for hydroxylation is 1. The molecule has 0 bridgehead atoms. The minimum absolute atomic E-state index is 0.201. The first-order valence-electron chi connectivity index (χ1n) is 10.9. The number of hydrogen-bond acceptors (Lipinski definition) is 6. The molecule has 1 aromatic carbocycles. The average molecular weight is 509 g/mol. The van der Waals surface area contributed by atoms with Crippen LogP contribution in [0.3, 0.4) is 0 Å². The van der Waals surface area contributed by atoms with Gasteiger partial charge in [0, 0.05) is 34.5 Å². The first-order chi connectivity index (χ1) is 16.7. The van der Waals surface area contributed by atoms with E-state index >= 15 is 0 Å². The topological polar surface area (TPSA) is 110 Å². The fourth-order valence-corrected chi connectivity index (χ4v) is 5.49. The molecule has 1 fully saturated rings. The van der Waals surface area contributed by atoms with Crippen molar-refractivity contribution in [3.8, 4) is 0 Å². The SMILES string of the molecule is Cc1cc(C2C(c3ccccn3)NC(=S)N2c2ccc(NS(C)(=O)=O)cc2)c(C)n1-n1cnnc1. The van der Waals surface area contributed by atoms with Crippen LogP contribution in [0.4, 0.5) is 11.4 Å². The molecule has 0 aliphatic carbocycles. The van der Waals surface area contributed by atoms with Crippen molar-refractivity contribution in [2.75, 3.05) is 15.9 Å². The van der Waals surface area contributed by atoms with Gasteiger partial charge in [-0.3, -0.25) is 14.4 Å². The smallest absolute Gasteiger partial charge is 0.229 e. The van der Waals surface area contributed by atoms with Crippen molar-refractivity contribution >= 4 is 38.7 Å². The number of hydrogen-bond donors (Lipinski definition) is 2. The lowest BCUT2D eigenvalue weighted by molar-refractivity contribution is 0.557. The first-order valence-corrected chi connectivity index (χ1v) is 13.2. The lowest BCUT2D eigenvalue weighted by Crippen LogP contribution is -2.29. The summed E-state index contributed by atoms with van der Waals surface area (Å²) >= 11 is 5.80. The van der Waals surface area contributed by atoms with Crippen LogP contribution in [-0.4, -0.2) is 44.3 Å². The number of benzene rings is 1. The number of nitrogens with one attached hydrogen (secondary N) is 2. The van der Waals surface area contributed by atoms with Crippen molar-refractivity contribution in [1.29, 1.82) is 0 Å². The van der Waals surface area contributed by atoms with E-state index in [0.29, 0.717) is 10.8 Å². The van der Waals surface area contributed by atoms with Gasteiger partial charge in [-0.15, -0.1) is 10.2 Å². The second kappa shape index (κ2) is 8.78. The molecule has 35 heavy (non-hydrogen) atoms. The van der Waals surface area contributed by atoms with E-state index < -0.39 is 10.0 Å². The van der Waals surface area contributed by atoms with Gasteiger partial charge in [0.1, 0.15) is 12.7 Å². The Morgan fingerprint density at radius 1 is 1.06 bits per heavy atom. The van der Waals surface area contributed by atoms with Gasteiger partial charge in [-0.25, -0.2) is 13.1 Å². The maximum atomic E-state index is 11.6. The maximum absolute atomic E-state index is 11.6. The summed E-state index contributed by atoms with van der Waals surface area (Å²) in [4.78, 5) is 6.66. The number of anilines is 2. The van der Waals surface area contributed by atoms with Gasteiger partial charge in [-0.2, -0.15) is 0 Å². The number of sulfonamides is 1. The van der Waals surface area contributed by atoms with Gasteiger partial charge in [0.25, 0.3) is 0 Å². The van der Waals surface area contributed by atoms with Crippen LogP contribution >= 0.6 is 12.2 Å². The van der Waals surface area contributed by atoms with E-state index in [4.69, 9.17) is 12.2 Å². The normalized spacial score (nSPS) is 18.0. The predicted octanol–water partition coefficient (Wildman–Crippen LogP) is 2.95. The second-order valence-electron chi connectivity index (χ2n) is 8.40. The summed E-state index contributed by atoms with van der Waals surface area (Å²) in [5, 5.41) is 11.9. The van der Waals surface area contributed by atoms with E-state index in [0.717, 1.165) is 34.6 Å². The van der Waals surface area contributed by atoms with Crippen molar-refractivity contribution in [1.82, 2.24) is 29.9 Å². The molecule has 12 heteroatoms. The van der Waals surface area contributed by atoms with Crippen LogP contribution in [0.15, 0.2) is 67.4 Å². The Kier molecular flexibility index (Phi) is 5.77. The Balaban J connectivity index is 1.62. The quantitative estimate of drug-likeness (QED) is 0.383. The molecule has 2 atom stereocenters. The van der Waals surface area contributed by atoms with Gasteiger partial charge in [0.15, 0.2) is 5.11 Å². The highest BCUT2D eigenvalue weighted by molar-refractivity contribution is 7.92. The van der Waals surface area contributed by atoms with Crippen LogP contribution < -0.4 is 14.9 Å². The molecule has 5 rings (SSSR count). The van der Waals surface area contributed by atoms with Crippen molar-refractivity contribution < 1.29 is 8.42 Å². The van der Waals surface area contributed by atoms with Crippen molar-refractivity contribution in [2.45, 2.75) is 25.9 Å². The van der Waals surface area contributed by atoms with E-state index in [2.05, 4.69) is 43.1 Å². The van der Waals surface area contributed by atoms with Gasteiger partial charge >= 0.3 is 0 Å². The molecule has 1 saturated heterocycles. The molecule has 1 aliphatic rings. The van der Waals surface area contributed by atoms with Crippen molar-refractivity contribution in [3.63, 3.8) is 0 Å². The highest BCUT2D eigenvalue weighted by Crippen LogP contribution is 2.43. The second-order valence-corrected chi connectivity index (χ2v) is 10.5. The Morgan fingerprint density at radius 2 is 1.77 bits per heavy atom. The predicted molar refractivity (Wildman–Crippen MR) is 138 cm³/mol. The minimum Gasteiger partial charge on any atom is -0.351 e. The molecule has 2 unspecified atom stereocenters. The molecule has 4 heterocycles. The van der Waals surface area contributed by atoms with E-state index in [1.807, 2.05) is 46.6 Å². The van der Waals surface area contributed by atoms with Crippen LogP contribution in [0.2, 0.25) is 0 Å². The molecule has 0 radical (unpaired) electrons. The van der Waals surface area contributed by atoms with Crippen LogP contribution in [0.5, 0.6) is 0 Å². The lowest BCUT2D eigenvalue weighted by atomic mass is 9.96. The van der Waals surface area contributed by atoms with Crippen LogP contribution in [0.25, 0.3) is 0 Å². The third-order valence-corrected chi connectivity index (χ3v) is 6.86. The summed E-state index contributed by atoms with van der Waals surface area (Å²) in [6.45, 7) is 4.08. The molecule has 3 aromatic heterocycles. The standard InChI is InChI=1S/C23H24N8O2S2/c1-15-12-19(16(2)31(15)29-13-25-26-14-29)22-21(20-6-4-5-11-24-20)27-23(34)30(22)18-9-7-17(8-10-18)28-35(3,32)33/h4-14,21-22,28H,1-3H3,(H,27,34). The molecular weight excluding hydrogens is 484 g/mol. The zero-order valence-corrected chi connectivity index (χ0v) is 21.0. The Morgan fingerprint density at radius 3 is 2.40 bits per heavy atom. The van der Waals surface area contributed by atoms with E-state index in [1.165, 1.54) is 0 Å². The van der Waals surface area contributed by atoms with Crippen LogP contribution in [0, 0.1) is 13.8 Å². The number of nitrogens with zero attached hydrogens (tertiary/aromatic N) is 6. The zero-order valence-electron chi connectivity index (χ0n) is 19.3. The molecule has 4 aromatic rings. The molecule has 10 nitrogen and oxygen atoms in total. The Bertz CT molecular complexity index is 1470. The van der Waals surface area contributed by atoms with Gasteiger partial charge in [-0.1, -0.05) is 6.07 Å². The fourth-order valence-electron chi connectivity index (χ4n) is 4.58. The van der Waals surface area contributed by atoms with Gasteiger partial charge in [0.05, 0.1) is 24.0 Å². The van der Waals surface area contributed by atoms with E-state index in [-0.39, 0.29) is 12.1 Å². The third-order valence-electron chi connectivity index (χ3n) is 5.94. The molecular formula is C23H24N8O2S2. The summed E-state index contributed by atoms with van der Waals surface area (Å²) in [5.41, 5.74) is 5.28. The molecule has 180 valence electrons. The van der Waals surface area contributed by atoms with Crippen LogP contribution in [0.1, 0.15) is 34.7 Å².